The quantitative estimate of drug-likeness (QED) is 0.700. The van der Waals surface area contributed by atoms with Crippen LogP contribution in [0.4, 0.5) is 0 Å². The molecule has 1 nitrogen and oxygen atoms in total. The molecule has 1 heteroatoms. The van der Waals surface area contributed by atoms with Gasteiger partial charge in [0.15, 0.2) is 0 Å². The lowest BCUT2D eigenvalue weighted by molar-refractivity contribution is 0.112. The molecule has 0 fully saturated rings. The van der Waals surface area contributed by atoms with Gasteiger partial charge in [-0.15, -0.1) is 0 Å². The summed E-state index contributed by atoms with van der Waals surface area (Å²) < 4.78 is 0. The highest BCUT2D eigenvalue weighted by atomic mass is 16.1. The molecule has 0 saturated heterocycles. The van der Waals surface area contributed by atoms with Gasteiger partial charge in [-0.05, 0) is 40.8 Å². The highest BCUT2D eigenvalue weighted by Crippen LogP contribution is 2.27. The Morgan fingerprint density at radius 2 is 1.67 bits per heavy atom. The van der Waals surface area contributed by atoms with E-state index in [0.717, 1.165) is 37.5 Å². The highest BCUT2D eigenvalue weighted by Gasteiger charge is 2.10. The topological polar surface area (TPSA) is 17.1 Å². The van der Waals surface area contributed by atoms with Gasteiger partial charge in [-0.3, -0.25) is 4.79 Å². The van der Waals surface area contributed by atoms with E-state index >= 15 is 0 Å². The molecule has 0 atom stereocenters. The van der Waals surface area contributed by atoms with Crippen LogP contribution >= 0.6 is 0 Å². The van der Waals surface area contributed by atoms with Crippen LogP contribution in [0.1, 0.15) is 48.2 Å². The van der Waals surface area contributed by atoms with Crippen LogP contribution < -0.4 is 0 Å². The van der Waals surface area contributed by atoms with E-state index in [0.29, 0.717) is 0 Å². The smallest absolute Gasteiger partial charge is 0.150 e. The van der Waals surface area contributed by atoms with Crippen molar-refractivity contribution in [1.29, 1.82) is 0 Å². The van der Waals surface area contributed by atoms with Crippen LogP contribution in [0.5, 0.6) is 0 Å². The van der Waals surface area contributed by atoms with Crippen molar-refractivity contribution in [2.24, 2.45) is 0 Å². The maximum Gasteiger partial charge on any atom is 0.150 e. The predicted octanol–water partition coefficient (Wildman–Crippen LogP) is 4.56. The summed E-state index contributed by atoms with van der Waals surface area (Å²) in [6.45, 7) is 4.33. The maximum atomic E-state index is 11.3. The van der Waals surface area contributed by atoms with Crippen molar-refractivity contribution in [1.82, 2.24) is 0 Å². The second kappa shape index (κ2) is 5.81. The molecule has 18 heavy (non-hydrogen) atoms. The third kappa shape index (κ3) is 2.31. The number of carbonyl (C=O) groups excluding carboxylic acids is 1. The minimum absolute atomic E-state index is 0.874. The molecule has 0 saturated carbocycles. The van der Waals surface area contributed by atoms with Gasteiger partial charge < -0.3 is 0 Å². The lowest BCUT2D eigenvalue weighted by atomic mass is 9.91. The van der Waals surface area contributed by atoms with Gasteiger partial charge in [0.05, 0.1) is 0 Å². The monoisotopic (exact) mass is 240 g/mol. The molecule has 0 bridgehead atoms. The lowest BCUT2D eigenvalue weighted by Gasteiger charge is -2.13. The SMILES string of the molecule is CCCc1cc(C=O)c(CCC)c2ccccc12. The third-order valence-electron chi connectivity index (χ3n) is 3.42. The predicted molar refractivity (Wildman–Crippen MR) is 77.3 cm³/mol. The Labute approximate surface area is 109 Å². The Bertz CT molecular complexity index is 555. The number of hydrogen-bond donors (Lipinski definition) is 0. The van der Waals surface area contributed by atoms with Crippen LogP contribution in [0.25, 0.3) is 10.8 Å². The van der Waals surface area contributed by atoms with Crippen molar-refractivity contribution < 1.29 is 4.79 Å². The van der Waals surface area contributed by atoms with E-state index in [9.17, 15) is 4.79 Å². The Morgan fingerprint density at radius 1 is 1.00 bits per heavy atom. The second-order valence-corrected chi connectivity index (χ2v) is 4.77. The molecule has 2 aromatic carbocycles. The fourth-order valence-corrected chi connectivity index (χ4v) is 2.64. The Balaban J connectivity index is 2.73. The average Bonchev–Trinajstić information content (AvgIpc) is 2.41. The molecule has 0 aliphatic heterocycles. The van der Waals surface area contributed by atoms with Crippen LogP contribution in [0.3, 0.4) is 0 Å². The summed E-state index contributed by atoms with van der Waals surface area (Å²) >= 11 is 0. The number of aldehydes is 1. The molecule has 2 aromatic rings. The van der Waals surface area contributed by atoms with Gasteiger partial charge in [0.25, 0.3) is 0 Å². The minimum atomic E-state index is 0.874. The standard InChI is InChI=1S/C17H20O/c1-3-7-13-11-14(12-18)15(8-4-2)17-10-6-5-9-16(13)17/h5-6,9-12H,3-4,7-8H2,1-2H3. The molecule has 0 spiro atoms. The van der Waals surface area contributed by atoms with E-state index < -0.39 is 0 Å². The normalized spacial score (nSPS) is 10.8. The third-order valence-corrected chi connectivity index (χ3v) is 3.42. The van der Waals surface area contributed by atoms with Crippen LogP contribution in [0.2, 0.25) is 0 Å². The zero-order valence-electron chi connectivity index (χ0n) is 11.2. The van der Waals surface area contributed by atoms with Gasteiger partial charge in [0, 0.05) is 5.56 Å². The molecule has 0 unspecified atom stereocenters. The van der Waals surface area contributed by atoms with Gasteiger partial charge in [-0.1, -0.05) is 51.0 Å². The van der Waals surface area contributed by atoms with E-state index in [1.165, 1.54) is 21.9 Å². The first-order valence-electron chi connectivity index (χ1n) is 6.80. The van der Waals surface area contributed by atoms with Crippen molar-refractivity contribution in [3.8, 4) is 0 Å². The van der Waals surface area contributed by atoms with Crippen LogP contribution in [0.15, 0.2) is 30.3 Å². The zero-order valence-corrected chi connectivity index (χ0v) is 11.2. The summed E-state index contributed by atoms with van der Waals surface area (Å²) in [7, 11) is 0. The summed E-state index contributed by atoms with van der Waals surface area (Å²) in [6.07, 6.45) is 5.19. The Kier molecular flexibility index (Phi) is 4.14. The summed E-state index contributed by atoms with van der Waals surface area (Å²) in [5.41, 5.74) is 3.39. The molecular formula is C17H20O. The van der Waals surface area contributed by atoms with E-state index in [2.05, 4.69) is 44.2 Å². The fraction of sp³-hybridized carbons (Fsp3) is 0.353. The van der Waals surface area contributed by atoms with E-state index in [1.54, 1.807) is 0 Å². The Hall–Kier alpha value is -1.63. The van der Waals surface area contributed by atoms with Crippen LogP contribution in [-0.2, 0) is 12.8 Å². The van der Waals surface area contributed by atoms with E-state index in [4.69, 9.17) is 0 Å². The summed E-state index contributed by atoms with van der Waals surface area (Å²) in [4.78, 5) is 11.3. The molecule has 94 valence electrons. The van der Waals surface area contributed by atoms with Crippen molar-refractivity contribution >= 4 is 17.1 Å². The fourth-order valence-electron chi connectivity index (χ4n) is 2.64. The van der Waals surface area contributed by atoms with Crippen molar-refractivity contribution in [3.63, 3.8) is 0 Å². The minimum Gasteiger partial charge on any atom is -0.298 e. The van der Waals surface area contributed by atoms with Crippen LogP contribution in [0, 0.1) is 0 Å². The number of rotatable bonds is 5. The largest absolute Gasteiger partial charge is 0.298 e. The summed E-state index contributed by atoms with van der Waals surface area (Å²) in [5.74, 6) is 0. The average molecular weight is 240 g/mol. The molecule has 0 N–H and O–H groups in total. The van der Waals surface area contributed by atoms with Crippen molar-refractivity contribution in [2.45, 2.75) is 39.5 Å². The maximum absolute atomic E-state index is 11.3. The molecule has 0 aromatic heterocycles. The summed E-state index contributed by atoms with van der Waals surface area (Å²) in [5, 5.41) is 2.57. The molecule has 0 aliphatic rings. The number of fused-ring (bicyclic) bond motifs is 1. The molecule has 0 aliphatic carbocycles. The van der Waals surface area contributed by atoms with Gasteiger partial charge in [0.2, 0.25) is 0 Å². The first-order valence-corrected chi connectivity index (χ1v) is 6.80. The summed E-state index contributed by atoms with van der Waals surface area (Å²) in [6, 6.07) is 10.5. The lowest BCUT2D eigenvalue weighted by Crippen LogP contribution is -1.98. The van der Waals surface area contributed by atoms with Crippen molar-refractivity contribution in [2.75, 3.05) is 0 Å². The number of hydrogen-bond acceptors (Lipinski definition) is 1. The first-order chi connectivity index (χ1) is 8.81. The highest BCUT2D eigenvalue weighted by molar-refractivity contribution is 5.95. The first kappa shape index (κ1) is 12.8. The molecule has 0 radical (unpaired) electrons. The van der Waals surface area contributed by atoms with Gasteiger partial charge in [-0.25, -0.2) is 0 Å². The molecule has 2 rings (SSSR count). The number of carbonyl (C=O) groups is 1. The van der Waals surface area contributed by atoms with Gasteiger partial charge in [-0.2, -0.15) is 0 Å². The van der Waals surface area contributed by atoms with Gasteiger partial charge >= 0.3 is 0 Å². The zero-order chi connectivity index (χ0) is 13.0. The molecule has 0 heterocycles. The van der Waals surface area contributed by atoms with Crippen molar-refractivity contribution in [3.05, 3.63) is 47.0 Å². The van der Waals surface area contributed by atoms with E-state index in [-0.39, 0.29) is 0 Å². The van der Waals surface area contributed by atoms with Crippen LogP contribution in [-0.4, -0.2) is 6.29 Å². The van der Waals surface area contributed by atoms with Gasteiger partial charge in [0.1, 0.15) is 6.29 Å². The van der Waals surface area contributed by atoms with E-state index in [1.807, 2.05) is 0 Å². The second-order valence-electron chi connectivity index (χ2n) is 4.77. The number of aryl methyl sites for hydroxylation is 2. The molecule has 0 amide bonds. The number of benzene rings is 2. The molecular weight excluding hydrogens is 220 g/mol. The Morgan fingerprint density at radius 3 is 2.28 bits per heavy atom.